The van der Waals surface area contributed by atoms with Crippen molar-refractivity contribution in [2.75, 3.05) is 13.2 Å². The van der Waals surface area contributed by atoms with Crippen LogP contribution in [0.3, 0.4) is 0 Å². The van der Waals surface area contributed by atoms with Crippen molar-refractivity contribution in [2.24, 2.45) is 29.6 Å². The molecule has 0 aromatic carbocycles. The van der Waals surface area contributed by atoms with Crippen LogP contribution >= 0.6 is 0 Å². The summed E-state index contributed by atoms with van der Waals surface area (Å²) in [7, 11) is 0. The summed E-state index contributed by atoms with van der Waals surface area (Å²) >= 11 is 0. The zero-order chi connectivity index (χ0) is 19.2. The summed E-state index contributed by atoms with van der Waals surface area (Å²) in [6.45, 7) is 6.60. The minimum atomic E-state index is 0.116. The van der Waals surface area contributed by atoms with Gasteiger partial charge in [-0.05, 0) is 55.8 Å². The molecule has 2 rings (SSSR count). The molecule has 0 saturated heterocycles. The lowest BCUT2D eigenvalue weighted by molar-refractivity contribution is 0.119. The van der Waals surface area contributed by atoms with Crippen molar-refractivity contribution in [3.05, 3.63) is 0 Å². The van der Waals surface area contributed by atoms with Gasteiger partial charge in [-0.15, -0.1) is 0 Å². The molecule has 2 saturated carbocycles. The Bertz CT molecular complexity index is 297. The maximum atomic E-state index is 9.20. The summed E-state index contributed by atoms with van der Waals surface area (Å²) in [5, 5.41) is 18.4. The van der Waals surface area contributed by atoms with Crippen molar-refractivity contribution in [3.8, 4) is 0 Å². The Hall–Kier alpha value is -0.0800. The van der Waals surface area contributed by atoms with Gasteiger partial charge >= 0.3 is 0 Å². The molecule has 0 aromatic rings. The van der Waals surface area contributed by atoms with Gasteiger partial charge in [0.15, 0.2) is 0 Å². The maximum Gasteiger partial charge on any atom is 0.0481 e. The summed E-state index contributed by atoms with van der Waals surface area (Å²) < 4.78 is 0. The molecule has 0 unspecified atom stereocenters. The number of rotatable bonds is 10. The van der Waals surface area contributed by atoms with Crippen LogP contribution in [-0.2, 0) is 0 Å². The van der Waals surface area contributed by atoms with Crippen molar-refractivity contribution in [2.45, 2.75) is 111 Å². The third-order valence-electron chi connectivity index (χ3n) is 7.16. The molecule has 0 amide bonds. The van der Waals surface area contributed by atoms with Crippen LogP contribution in [0.2, 0.25) is 0 Å². The first-order valence-electron chi connectivity index (χ1n) is 12.0. The smallest absolute Gasteiger partial charge is 0.0481 e. The number of hydrogen-bond donors (Lipinski definition) is 2. The summed E-state index contributed by atoms with van der Waals surface area (Å²) in [6, 6.07) is 0. The van der Waals surface area contributed by atoms with Crippen LogP contribution in [-0.4, -0.2) is 23.4 Å². The molecule has 2 heteroatoms. The van der Waals surface area contributed by atoms with E-state index in [4.69, 9.17) is 0 Å². The fourth-order valence-electron chi connectivity index (χ4n) is 5.29. The van der Waals surface area contributed by atoms with Crippen LogP contribution in [0.1, 0.15) is 111 Å². The normalized spacial score (nSPS) is 29.3. The van der Waals surface area contributed by atoms with E-state index in [9.17, 15) is 10.2 Å². The lowest BCUT2D eigenvalue weighted by Gasteiger charge is -2.38. The van der Waals surface area contributed by atoms with Gasteiger partial charge in [-0.1, -0.05) is 78.6 Å². The van der Waals surface area contributed by atoms with Gasteiger partial charge in [0.2, 0.25) is 0 Å². The van der Waals surface area contributed by atoms with Gasteiger partial charge in [-0.3, -0.25) is 0 Å². The minimum Gasteiger partial charge on any atom is -0.396 e. The highest BCUT2D eigenvalue weighted by Gasteiger charge is 2.30. The number of unbranched alkanes of at least 4 members (excludes halogenated alkanes) is 2. The van der Waals surface area contributed by atoms with E-state index in [1.165, 1.54) is 83.5 Å². The topological polar surface area (TPSA) is 40.5 Å². The zero-order valence-electron chi connectivity index (χ0n) is 18.1. The average molecular weight is 369 g/mol. The number of aliphatic hydroxyl groups excluding tert-OH is 2. The van der Waals surface area contributed by atoms with Gasteiger partial charge in [0, 0.05) is 19.1 Å². The van der Waals surface area contributed by atoms with Crippen LogP contribution in [0.4, 0.5) is 0 Å². The van der Waals surface area contributed by atoms with E-state index in [2.05, 4.69) is 6.92 Å². The van der Waals surface area contributed by atoms with Crippen molar-refractivity contribution in [1.29, 1.82) is 0 Å². The third kappa shape index (κ3) is 8.74. The van der Waals surface area contributed by atoms with Gasteiger partial charge in [0.1, 0.15) is 0 Å². The largest absolute Gasteiger partial charge is 0.396 e. The third-order valence-corrected chi connectivity index (χ3v) is 7.16. The number of hydrogen-bond acceptors (Lipinski definition) is 2. The van der Waals surface area contributed by atoms with E-state index in [0.717, 1.165) is 30.1 Å². The molecule has 0 radical (unpaired) electrons. The summed E-state index contributed by atoms with van der Waals surface area (Å²) in [5.41, 5.74) is 0. The van der Waals surface area contributed by atoms with Crippen LogP contribution in [0.5, 0.6) is 0 Å². The van der Waals surface area contributed by atoms with Crippen LogP contribution < -0.4 is 0 Å². The molecular weight excluding hydrogens is 320 g/mol. The Morgan fingerprint density at radius 1 is 0.692 bits per heavy atom. The van der Waals surface area contributed by atoms with E-state index in [-0.39, 0.29) is 19.1 Å². The molecule has 0 aromatic heterocycles. The predicted octanol–water partition coefficient (Wildman–Crippen LogP) is 6.59. The highest BCUT2D eigenvalue weighted by molar-refractivity contribution is 4.82. The number of aliphatic hydroxyl groups is 2. The van der Waals surface area contributed by atoms with Gasteiger partial charge in [0.05, 0.1) is 0 Å². The fourth-order valence-corrected chi connectivity index (χ4v) is 5.29. The summed E-state index contributed by atoms with van der Waals surface area (Å²) in [4.78, 5) is 0. The molecular formula is C24H48O2. The standard InChI is InChI=1S/C22H42O2.C2H6/c1-2-3-4-5-18-8-12-21(13-9-18)22-14-10-19(11-15-22)6-7-20(16-23)17-24;1-2/h18-24H,2-17H2,1H3;1-2H3. The highest BCUT2D eigenvalue weighted by atomic mass is 16.3. The molecule has 0 aliphatic heterocycles. The zero-order valence-corrected chi connectivity index (χ0v) is 18.1. The van der Waals surface area contributed by atoms with Crippen LogP contribution in [0.15, 0.2) is 0 Å². The highest BCUT2D eigenvalue weighted by Crippen LogP contribution is 2.43. The van der Waals surface area contributed by atoms with Gasteiger partial charge in [-0.2, -0.15) is 0 Å². The van der Waals surface area contributed by atoms with E-state index in [0.29, 0.717) is 0 Å². The van der Waals surface area contributed by atoms with Crippen LogP contribution in [0.25, 0.3) is 0 Å². The van der Waals surface area contributed by atoms with Crippen molar-refractivity contribution in [3.63, 3.8) is 0 Å². The van der Waals surface area contributed by atoms with E-state index < -0.39 is 0 Å². The maximum absolute atomic E-state index is 9.20. The average Bonchev–Trinajstić information content (AvgIpc) is 2.71. The van der Waals surface area contributed by atoms with Gasteiger partial charge in [-0.25, -0.2) is 0 Å². The molecule has 2 fully saturated rings. The Labute approximate surface area is 164 Å². The fraction of sp³-hybridized carbons (Fsp3) is 1.00. The van der Waals surface area contributed by atoms with E-state index in [1.54, 1.807) is 0 Å². The van der Waals surface area contributed by atoms with Crippen LogP contribution in [0, 0.1) is 29.6 Å². The Balaban J connectivity index is 0.00000163. The second-order valence-electron chi connectivity index (χ2n) is 8.87. The molecule has 156 valence electrons. The second-order valence-corrected chi connectivity index (χ2v) is 8.87. The quantitative estimate of drug-likeness (QED) is 0.427. The summed E-state index contributed by atoms with van der Waals surface area (Å²) in [5.74, 6) is 4.04. The molecule has 26 heavy (non-hydrogen) atoms. The second kappa shape index (κ2) is 14.9. The molecule has 0 heterocycles. The molecule has 0 bridgehead atoms. The molecule has 0 atom stereocenters. The predicted molar refractivity (Wildman–Crippen MR) is 113 cm³/mol. The molecule has 2 aliphatic carbocycles. The lowest BCUT2D eigenvalue weighted by Crippen LogP contribution is -2.26. The minimum absolute atomic E-state index is 0.116. The Kier molecular flexibility index (Phi) is 13.7. The molecule has 2 N–H and O–H groups in total. The van der Waals surface area contributed by atoms with Crippen molar-refractivity contribution in [1.82, 2.24) is 0 Å². The van der Waals surface area contributed by atoms with Crippen molar-refractivity contribution < 1.29 is 10.2 Å². The molecule has 2 nitrogen and oxygen atoms in total. The van der Waals surface area contributed by atoms with Gasteiger partial charge in [0.25, 0.3) is 0 Å². The first-order chi connectivity index (χ1) is 12.8. The van der Waals surface area contributed by atoms with E-state index in [1.807, 2.05) is 13.8 Å². The Morgan fingerprint density at radius 3 is 1.58 bits per heavy atom. The van der Waals surface area contributed by atoms with Gasteiger partial charge < -0.3 is 10.2 Å². The Morgan fingerprint density at radius 2 is 1.15 bits per heavy atom. The first-order valence-corrected chi connectivity index (χ1v) is 12.0. The monoisotopic (exact) mass is 368 g/mol. The lowest BCUT2D eigenvalue weighted by atomic mass is 9.68. The molecule has 2 aliphatic rings. The summed E-state index contributed by atoms with van der Waals surface area (Å²) in [6.07, 6.45) is 19.6. The molecule has 0 spiro atoms. The SMILES string of the molecule is CC.CCCCCC1CCC(C2CCC(CCC(CO)CO)CC2)CC1. The van der Waals surface area contributed by atoms with Crippen molar-refractivity contribution >= 4 is 0 Å². The van der Waals surface area contributed by atoms with E-state index >= 15 is 0 Å². The first kappa shape index (κ1) is 24.0.